The SMILES string of the molecule is CCOc1ccc(C(=O)N/N=C/c2cc(I)c(OCC(=O)Nc3ccc(C)cc3)c(OCC)c2)cc1OC. The van der Waals surface area contributed by atoms with E-state index in [0.29, 0.717) is 53.0 Å². The van der Waals surface area contributed by atoms with Gasteiger partial charge in [0.25, 0.3) is 11.8 Å². The van der Waals surface area contributed by atoms with Crippen molar-refractivity contribution in [2.24, 2.45) is 5.10 Å². The molecule has 2 amide bonds. The van der Waals surface area contributed by atoms with E-state index in [9.17, 15) is 9.59 Å². The third kappa shape index (κ3) is 8.10. The lowest BCUT2D eigenvalue weighted by Crippen LogP contribution is -2.20. The van der Waals surface area contributed by atoms with Crippen molar-refractivity contribution in [1.82, 2.24) is 5.43 Å². The van der Waals surface area contributed by atoms with Crippen molar-refractivity contribution in [2.45, 2.75) is 20.8 Å². The minimum atomic E-state index is -0.401. The number of hydrogen-bond donors (Lipinski definition) is 2. The zero-order valence-corrected chi connectivity index (χ0v) is 23.8. The van der Waals surface area contributed by atoms with E-state index in [-0.39, 0.29) is 12.5 Å². The van der Waals surface area contributed by atoms with Crippen LogP contribution in [0.25, 0.3) is 0 Å². The van der Waals surface area contributed by atoms with Crippen LogP contribution in [0.5, 0.6) is 23.0 Å². The number of rotatable bonds is 12. The topological polar surface area (TPSA) is 107 Å². The normalized spacial score (nSPS) is 10.7. The highest BCUT2D eigenvalue weighted by Crippen LogP contribution is 2.34. The van der Waals surface area contributed by atoms with Crippen LogP contribution in [0, 0.1) is 10.5 Å². The summed E-state index contributed by atoms with van der Waals surface area (Å²) in [7, 11) is 1.51. The summed E-state index contributed by atoms with van der Waals surface area (Å²) < 4.78 is 23.0. The van der Waals surface area contributed by atoms with Gasteiger partial charge in [0.1, 0.15) is 0 Å². The quantitative estimate of drug-likeness (QED) is 0.162. The van der Waals surface area contributed by atoms with Crippen LogP contribution < -0.4 is 29.7 Å². The molecule has 0 unspecified atom stereocenters. The van der Waals surface area contributed by atoms with E-state index in [2.05, 4.69) is 38.4 Å². The molecular weight excluding hydrogens is 601 g/mol. The van der Waals surface area contributed by atoms with Crippen molar-refractivity contribution in [1.29, 1.82) is 0 Å². The Morgan fingerprint density at radius 3 is 2.32 bits per heavy atom. The number of nitrogens with zero attached hydrogens (tertiary/aromatic N) is 1. The number of hydrazone groups is 1. The first-order valence-electron chi connectivity index (χ1n) is 11.9. The van der Waals surface area contributed by atoms with Crippen molar-refractivity contribution >= 4 is 46.3 Å². The molecular formula is C28H30IN3O6. The van der Waals surface area contributed by atoms with Crippen LogP contribution in [-0.2, 0) is 4.79 Å². The van der Waals surface area contributed by atoms with E-state index in [1.165, 1.54) is 13.3 Å². The minimum absolute atomic E-state index is 0.182. The van der Waals surface area contributed by atoms with Crippen LogP contribution in [0.1, 0.15) is 35.3 Å². The Bertz CT molecular complexity index is 1290. The molecule has 0 aromatic heterocycles. The second kappa shape index (κ2) is 14.2. The van der Waals surface area contributed by atoms with Crippen molar-refractivity contribution in [3.8, 4) is 23.0 Å². The van der Waals surface area contributed by atoms with Crippen molar-refractivity contribution in [2.75, 3.05) is 32.2 Å². The van der Waals surface area contributed by atoms with Crippen LogP contribution in [0.2, 0.25) is 0 Å². The second-order valence-corrected chi connectivity index (χ2v) is 9.13. The average Bonchev–Trinajstić information content (AvgIpc) is 2.90. The molecule has 0 radical (unpaired) electrons. The Morgan fingerprint density at radius 1 is 0.921 bits per heavy atom. The van der Waals surface area contributed by atoms with Gasteiger partial charge in [-0.1, -0.05) is 17.7 Å². The fraction of sp³-hybridized carbons (Fsp3) is 0.250. The van der Waals surface area contributed by atoms with Crippen LogP contribution >= 0.6 is 22.6 Å². The summed E-state index contributed by atoms with van der Waals surface area (Å²) in [5.41, 5.74) is 5.37. The van der Waals surface area contributed by atoms with E-state index in [4.69, 9.17) is 18.9 Å². The average molecular weight is 631 g/mol. The fourth-order valence-electron chi connectivity index (χ4n) is 3.35. The number of hydrogen-bond acceptors (Lipinski definition) is 7. The van der Waals surface area contributed by atoms with Crippen LogP contribution in [0.3, 0.4) is 0 Å². The number of ether oxygens (including phenoxy) is 4. The summed E-state index contributed by atoms with van der Waals surface area (Å²) in [6.07, 6.45) is 1.50. The molecule has 0 heterocycles. The third-order valence-corrected chi connectivity index (χ3v) is 5.92. The standard InChI is InChI=1S/C28H30IN3O6/c1-5-36-23-12-9-20(15-24(23)35-4)28(34)32-30-16-19-13-22(29)27(25(14-19)37-6-2)38-17-26(33)31-21-10-7-18(3)8-11-21/h7-16H,5-6,17H2,1-4H3,(H,31,33)(H,32,34)/b30-16+. The Balaban J connectivity index is 1.66. The monoisotopic (exact) mass is 631 g/mol. The minimum Gasteiger partial charge on any atom is -0.493 e. The van der Waals surface area contributed by atoms with Gasteiger partial charge in [0.2, 0.25) is 0 Å². The van der Waals surface area contributed by atoms with Gasteiger partial charge in [0.15, 0.2) is 29.6 Å². The van der Waals surface area contributed by atoms with Crippen LogP contribution in [0.4, 0.5) is 5.69 Å². The van der Waals surface area contributed by atoms with Crippen molar-refractivity contribution in [3.63, 3.8) is 0 Å². The molecule has 3 aromatic carbocycles. The first kappa shape index (κ1) is 28.8. The molecule has 2 N–H and O–H groups in total. The maximum atomic E-state index is 12.6. The molecule has 38 heavy (non-hydrogen) atoms. The predicted molar refractivity (Wildman–Crippen MR) is 155 cm³/mol. The second-order valence-electron chi connectivity index (χ2n) is 7.96. The first-order chi connectivity index (χ1) is 18.3. The number of carbonyl (C=O) groups is 2. The van der Waals surface area contributed by atoms with Gasteiger partial charge in [0.05, 0.1) is 30.1 Å². The van der Waals surface area contributed by atoms with Gasteiger partial charge in [-0.15, -0.1) is 0 Å². The highest BCUT2D eigenvalue weighted by Gasteiger charge is 2.15. The van der Waals surface area contributed by atoms with Gasteiger partial charge >= 0.3 is 0 Å². The van der Waals surface area contributed by atoms with Gasteiger partial charge in [-0.2, -0.15) is 5.10 Å². The van der Waals surface area contributed by atoms with Gasteiger partial charge in [-0.05, 0) is 91.4 Å². The first-order valence-corrected chi connectivity index (χ1v) is 13.0. The number of aryl methyl sites for hydroxylation is 1. The lowest BCUT2D eigenvalue weighted by Gasteiger charge is -2.14. The summed E-state index contributed by atoms with van der Waals surface area (Å²) >= 11 is 2.11. The van der Waals surface area contributed by atoms with Crippen molar-refractivity contribution in [3.05, 3.63) is 74.9 Å². The molecule has 0 aliphatic carbocycles. The zero-order chi connectivity index (χ0) is 27.5. The Morgan fingerprint density at radius 2 is 1.63 bits per heavy atom. The predicted octanol–water partition coefficient (Wildman–Crippen LogP) is 5.19. The third-order valence-electron chi connectivity index (χ3n) is 5.12. The molecule has 0 bridgehead atoms. The molecule has 0 aliphatic heterocycles. The molecule has 9 nitrogen and oxygen atoms in total. The van der Waals surface area contributed by atoms with Gasteiger partial charge in [0, 0.05) is 11.3 Å². The number of benzene rings is 3. The van der Waals surface area contributed by atoms with E-state index in [1.807, 2.05) is 51.1 Å². The summed E-state index contributed by atoms with van der Waals surface area (Å²) in [6, 6.07) is 16.0. The largest absolute Gasteiger partial charge is 0.493 e. The summed E-state index contributed by atoms with van der Waals surface area (Å²) in [4.78, 5) is 24.9. The number of nitrogens with one attached hydrogen (secondary N) is 2. The Labute approximate surface area is 235 Å². The molecule has 0 spiro atoms. The molecule has 3 aromatic rings. The van der Waals surface area contributed by atoms with Crippen molar-refractivity contribution < 1.29 is 28.5 Å². The lowest BCUT2D eigenvalue weighted by atomic mass is 10.2. The molecule has 200 valence electrons. The number of halogens is 1. The number of methoxy groups -OCH3 is 1. The lowest BCUT2D eigenvalue weighted by molar-refractivity contribution is -0.118. The number of carbonyl (C=O) groups excluding carboxylic acids is 2. The molecule has 3 rings (SSSR count). The van der Waals surface area contributed by atoms with Crippen LogP contribution in [-0.4, -0.2) is 45.0 Å². The molecule has 10 heteroatoms. The summed E-state index contributed by atoms with van der Waals surface area (Å²) in [5.74, 6) is 1.25. The van der Waals surface area contributed by atoms with Crippen LogP contribution in [0.15, 0.2) is 59.7 Å². The molecule has 0 atom stereocenters. The Hall–Kier alpha value is -3.80. The zero-order valence-electron chi connectivity index (χ0n) is 21.7. The van der Waals surface area contributed by atoms with E-state index < -0.39 is 5.91 Å². The smallest absolute Gasteiger partial charge is 0.271 e. The maximum Gasteiger partial charge on any atom is 0.271 e. The summed E-state index contributed by atoms with van der Waals surface area (Å²) in [6.45, 7) is 6.41. The van der Waals surface area contributed by atoms with E-state index >= 15 is 0 Å². The van der Waals surface area contributed by atoms with E-state index in [1.54, 1.807) is 24.3 Å². The molecule has 0 saturated carbocycles. The molecule has 0 fully saturated rings. The molecule has 0 aliphatic rings. The fourth-order valence-corrected chi connectivity index (χ4v) is 4.13. The maximum absolute atomic E-state index is 12.6. The number of anilines is 1. The Kier molecular flexibility index (Phi) is 10.8. The van der Waals surface area contributed by atoms with Gasteiger partial charge < -0.3 is 24.3 Å². The number of amides is 2. The highest BCUT2D eigenvalue weighted by atomic mass is 127. The molecule has 0 saturated heterocycles. The van der Waals surface area contributed by atoms with Gasteiger partial charge in [-0.25, -0.2) is 5.43 Å². The summed E-state index contributed by atoms with van der Waals surface area (Å²) in [5, 5.41) is 6.88. The highest BCUT2D eigenvalue weighted by molar-refractivity contribution is 14.1. The van der Waals surface area contributed by atoms with Gasteiger partial charge in [-0.3, -0.25) is 9.59 Å². The van der Waals surface area contributed by atoms with E-state index in [0.717, 1.165) is 9.13 Å².